The summed E-state index contributed by atoms with van der Waals surface area (Å²) in [5, 5.41) is 8.25. The Hall–Kier alpha value is 0.830. The van der Waals surface area contributed by atoms with E-state index in [9.17, 15) is 13.0 Å². The molecule has 0 amide bonds. The second-order valence-corrected chi connectivity index (χ2v) is 3.44. The third kappa shape index (κ3) is 6.36. The van der Waals surface area contributed by atoms with Crippen molar-refractivity contribution >= 4 is 10.1 Å². The van der Waals surface area contributed by atoms with Crippen molar-refractivity contribution in [3.63, 3.8) is 0 Å². The molecule has 0 aromatic heterocycles. The molecule has 1 atom stereocenters. The summed E-state index contributed by atoms with van der Waals surface area (Å²) >= 11 is 0. The quantitative estimate of drug-likeness (QED) is 0.369. The largest absolute Gasteiger partial charge is 1.00 e. The third-order valence-corrected chi connectivity index (χ3v) is 2.16. The molecule has 0 aliphatic rings. The summed E-state index contributed by atoms with van der Waals surface area (Å²) < 4.78 is 35.5. The minimum Gasteiger partial charge on any atom is -0.746 e. The first-order valence-electron chi connectivity index (χ1n) is 3.19. The summed E-state index contributed by atoms with van der Waals surface area (Å²) in [6, 6.07) is 0. The van der Waals surface area contributed by atoms with Crippen LogP contribution in [0.2, 0.25) is 0 Å². The summed E-state index contributed by atoms with van der Waals surface area (Å²) in [5.74, 6) is 0. The van der Waals surface area contributed by atoms with Crippen LogP contribution >= 0.6 is 0 Å². The molecule has 0 saturated heterocycles. The molecule has 0 spiro atoms. The van der Waals surface area contributed by atoms with Crippen molar-refractivity contribution in [3.8, 4) is 0 Å². The number of aliphatic hydroxyl groups excluding tert-OH is 1. The molecule has 1 unspecified atom stereocenters. The predicted octanol–water partition coefficient (Wildman–Crippen LogP) is -3.72. The summed E-state index contributed by atoms with van der Waals surface area (Å²) in [4.78, 5) is 0. The van der Waals surface area contributed by atoms with Crippen molar-refractivity contribution in [2.75, 3.05) is 13.2 Å². The van der Waals surface area contributed by atoms with Crippen molar-refractivity contribution in [2.45, 2.75) is 18.8 Å². The zero-order valence-electron chi connectivity index (χ0n) is 7.19. The molecule has 0 rings (SSSR count). The molecule has 0 bridgehead atoms. The SMILES string of the molecule is CCC(OCCO)S(=O)(=O)[O-].[Na+]. The monoisotopic (exact) mass is 206 g/mol. The van der Waals surface area contributed by atoms with Gasteiger partial charge in [-0.1, -0.05) is 6.92 Å². The molecule has 7 heteroatoms. The van der Waals surface area contributed by atoms with Crippen molar-refractivity contribution in [1.29, 1.82) is 0 Å². The maximum atomic E-state index is 10.3. The van der Waals surface area contributed by atoms with E-state index in [0.29, 0.717) is 0 Å². The van der Waals surface area contributed by atoms with Gasteiger partial charge in [-0.25, -0.2) is 8.42 Å². The third-order valence-electron chi connectivity index (χ3n) is 1.05. The van der Waals surface area contributed by atoms with Crippen molar-refractivity contribution < 1.29 is 52.4 Å². The Labute approximate surface area is 94.1 Å². The smallest absolute Gasteiger partial charge is 0.746 e. The van der Waals surface area contributed by atoms with Crippen molar-refractivity contribution in [3.05, 3.63) is 0 Å². The number of hydrogen-bond acceptors (Lipinski definition) is 5. The van der Waals surface area contributed by atoms with Crippen LogP contribution in [0.4, 0.5) is 0 Å². The van der Waals surface area contributed by atoms with Gasteiger partial charge in [-0.05, 0) is 6.42 Å². The Bertz CT molecular complexity index is 190. The fourth-order valence-electron chi connectivity index (χ4n) is 0.589. The molecular weight excluding hydrogens is 195 g/mol. The van der Waals surface area contributed by atoms with Gasteiger partial charge >= 0.3 is 29.6 Å². The molecule has 0 aromatic carbocycles. The molecule has 12 heavy (non-hydrogen) atoms. The molecule has 0 fully saturated rings. The molecule has 0 heterocycles. The number of aliphatic hydroxyl groups is 1. The maximum Gasteiger partial charge on any atom is 1.00 e. The normalized spacial score (nSPS) is 13.6. The number of ether oxygens (including phenoxy) is 1. The van der Waals surface area contributed by atoms with Crippen LogP contribution in [0.3, 0.4) is 0 Å². The van der Waals surface area contributed by atoms with E-state index in [2.05, 4.69) is 4.74 Å². The summed E-state index contributed by atoms with van der Waals surface area (Å²) in [7, 11) is -4.37. The van der Waals surface area contributed by atoms with E-state index in [1.807, 2.05) is 0 Å². The number of hydrogen-bond donors (Lipinski definition) is 1. The van der Waals surface area contributed by atoms with E-state index in [1.54, 1.807) is 0 Å². The van der Waals surface area contributed by atoms with E-state index in [0.717, 1.165) is 0 Å². The van der Waals surface area contributed by atoms with Crippen LogP contribution < -0.4 is 29.6 Å². The minimum absolute atomic E-state index is 0. The average molecular weight is 206 g/mol. The van der Waals surface area contributed by atoms with Crippen LogP contribution in [0.5, 0.6) is 0 Å². The first-order valence-corrected chi connectivity index (χ1v) is 4.66. The van der Waals surface area contributed by atoms with Crippen LogP contribution in [-0.4, -0.2) is 36.7 Å². The zero-order valence-corrected chi connectivity index (χ0v) is 10.0. The molecule has 68 valence electrons. The minimum atomic E-state index is -4.37. The summed E-state index contributed by atoms with van der Waals surface area (Å²) in [5.41, 5.74) is -1.32. The molecular formula is C5H11NaO5S. The van der Waals surface area contributed by atoms with Gasteiger partial charge in [0.25, 0.3) is 0 Å². The van der Waals surface area contributed by atoms with E-state index in [-0.39, 0.29) is 49.2 Å². The Morgan fingerprint density at radius 2 is 2.08 bits per heavy atom. The topological polar surface area (TPSA) is 86.7 Å². The van der Waals surface area contributed by atoms with Gasteiger partial charge in [0, 0.05) is 0 Å². The Morgan fingerprint density at radius 3 is 2.33 bits per heavy atom. The summed E-state index contributed by atoms with van der Waals surface area (Å²) in [6.07, 6.45) is 0.103. The molecule has 0 aliphatic heterocycles. The van der Waals surface area contributed by atoms with Crippen LogP contribution in [0.1, 0.15) is 13.3 Å². The van der Waals surface area contributed by atoms with Gasteiger partial charge in [-0.2, -0.15) is 0 Å². The second kappa shape index (κ2) is 7.25. The van der Waals surface area contributed by atoms with E-state index in [1.165, 1.54) is 6.92 Å². The van der Waals surface area contributed by atoms with Crippen LogP contribution in [0.25, 0.3) is 0 Å². The fraction of sp³-hybridized carbons (Fsp3) is 1.00. The maximum absolute atomic E-state index is 10.3. The molecule has 0 saturated carbocycles. The van der Waals surface area contributed by atoms with Crippen molar-refractivity contribution in [1.82, 2.24) is 0 Å². The first kappa shape index (κ1) is 15.3. The Balaban J connectivity index is 0. The summed E-state index contributed by atoms with van der Waals surface area (Å²) in [6.45, 7) is 1.11. The van der Waals surface area contributed by atoms with Crippen LogP contribution in [-0.2, 0) is 14.9 Å². The van der Waals surface area contributed by atoms with Gasteiger partial charge in [0.15, 0.2) is 0 Å². The van der Waals surface area contributed by atoms with Gasteiger partial charge in [-0.3, -0.25) is 0 Å². The molecule has 0 aromatic rings. The van der Waals surface area contributed by atoms with E-state index < -0.39 is 15.6 Å². The number of rotatable bonds is 5. The zero-order chi connectivity index (χ0) is 8.91. The molecule has 0 aliphatic carbocycles. The second-order valence-electron chi connectivity index (χ2n) is 1.93. The van der Waals surface area contributed by atoms with Gasteiger partial charge in [-0.15, -0.1) is 0 Å². The Kier molecular flexibility index (Phi) is 9.25. The van der Waals surface area contributed by atoms with Gasteiger partial charge in [0.1, 0.15) is 15.6 Å². The van der Waals surface area contributed by atoms with Gasteiger partial charge in [0.05, 0.1) is 13.2 Å². The van der Waals surface area contributed by atoms with Crippen LogP contribution in [0, 0.1) is 0 Å². The van der Waals surface area contributed by atoms with Crippen LogP contribution in [0.15, 0.2) is 0 Å². The molecule has 0 radical (unpaired) electrons. The first-order chi connectivity index (χ1) is 5.02. The van der Waals surface area contributed by atoms with E-state index in [4.69, 9.17) is 5.11 Å². The molecule has 5 nitrogen and oxygen atoms in total. The molecule has 1 N–H and O–H groups in total. The average Bonchev–Trinajstić information content (AvgIpc) is 1.87. The van der Waals surface area contributed by atoms with Gasteiger partial charge in [0.2, 0.25) is 0 Å². The predicted molar refractivity (Wildman–Crippen MR) is 36.8 cm³/mol. The van der Waals surface area contributed by atoms with Crippen molar-refractivity contribution in [2.24, 2.45) is 0 Å². The standard InChI is InChI=1S/C5H12O5S.Na/c1-2-5(10-4-3-6)11(7,8)9;/h5-6H,2-4H2,1H3,(H,7,8,9);/q;+1/p-1. The van der Waals surface area contributed by atoms with E-state index >= 15 is 0 Å². The Morgan fingerprint density at radius 1 is 1.58 bits per heavy atom. The van der Waals surface area contributed by atoms with Gasteiger partial charge < -0.3 is 14.4 Å². The fourth-order valence-corrected chi connectivity index (χ4v) is 1.26.